The van der Waals surface area contributed by atoms with Crippen molar-refractivity contribution in [2.75, 3.05) is 19.6 Å². The molecule has 1 aliphatic rings. The molecule has 2 aromatic carbocycles. The van der Waals surface area contributed by atoms with Crippen molar-refractivity contribution in [1.29, 1.82) is 0 Å². The first-order chi connectivity index (χ1) is 13.7. The number of likely N-dealkylation sites (tertiary alicyclic amines) is 1. The van der Waals surface area contributed by atoms with Crippen LogP contribution in [0, 0.1) is 6.92 Å². The normalized spacial score (nSPS) is 17.1. The number of ketones is 1. The van der Waals surface area contributed by atoms with Crippen LogP contribution in [0.15, 0.2) is 59.1 Å². The second-order valence-corrected chi connectivity index (χ2v) is 7.50. The number of Topliss-reactive ketones (excluding diaryl/α,β-unsaturated/α-hetero) is 1. The number of carbonyl (C=O) groups excluding carboxylic acids is 1. The molecule has 0 radical (unpaired) electrons. The fourth-order valence-electron chi connectivity index (χ4n) is 3.69. The van der Waals surface area contributed by atoms with Gasteiger partial charge in [-0.15, -0.1) is 0 Å². The maximum atomic E-state index is 12.3. The summed E-state index contributed by atoms with van der Waals surface area (Å²) in [6, 6.07) is 17.7. The molecule has 5 nitrogen and oxygen atoms in total. The SMILES string of the molecule is Cc1ccc(C(=O)CCCN2CC[C@@H](c3nc(-c4ccccc4)no3)C2)cc1. The number of carbonyl (C=O) groups is 1. The highest BCUT2D eigenvalue weighted by molar-refractivity contribution is 5.96. The summed E-state index contributed by atoms with van der Waals surface area (Å²) in [6.07, 6.45) is 2.48. The molecular formula is C23H25N3O2. The van der Waals surface area contributed by atoms with E-state index in [0.717, 1.165) is 49.5 Å². The first-order valence-corrected chi connectivity index (χ1v) is 9.90. The molecule has 28 heavy (non-hydrogen) atoms. The summed E-state index contributed by atoms with van der Waals surface area (Å²) in [5.41, 5.74) is 2.96. The van der Waals surface area contributed by atoms with Crippen molar-refractivity contribution in [3.05, 3.63) is 71.6 Å². The average Bonchev–Trinajstić information content (AvgIpc) is 3.39. The fourth-order valence-corrected chi connectivity index (χ4v) is 3.69. The van der Waals surface area contributed by atoms with Gasteiger partial charge >= 0.3 is 0 Å². The lowest BCUT2D eigenvalue weighted by molar-refractivity contribution is 0.0976. The minimum atomic E-state index is 0.222. The molecule has 0 amide bonds. The highest BCUT2D eigenvalue weighted by Gasteiger charge is 2.28. The van der Waals surface area contributed by atoms with Crippen LogP contribution in [0.1, 0.15) is 47.0 Å². The highest BCUT2D eigenvalue weighted by Crippen LogP contribution is 2.28. The lowest BCUT2D eigenvalue weighted by Gasteiger charge is -2.14. The predicted molar refractivity (Wildman–Crippen MR) is 108 cm³/mol. The van der Waals surface area contributed by atoms with Crippen LogP contribution < -0.4 is 0 Å². The minimum absolute atomic E-state index is 0.222. The number of aryl methyl sites for hydroxylation is 1. The van der Waals surface area contributed by atoms with Crippen LogP contribution in [0.3, 0.4) is 0 Å². The van der Waals surface area contributed by atoms with Gasteiger partial charge in [-0.2, -0.15) is 4.98 Å². The first-order valence-electron chi connectivity index (χ1n) is 9.90. The van der Waals surface area contributed by atoms with E-state index in [1.165, 1.54) is 5.56 Å². The van der Waals surface area contributed by atoms with Gasteiger partial charge in [-0.3, -0.25) is 4.79 Å². The van der Waals surface area contributed by atoms with Crippen molar-refractivity contribution >= 4 is 5.78 Å². The molecule has 5 heteroatoms. The molecule has 1 fully saturated rings. The van der Waals surface area contributed by atoms with E-state index in [0.29, 0.717) is 12.2 Å². The number of aromatic nitrogens is 2. The second-order valence-electron chi connectivity index (χ2n) is 7.50. The van der Waals surface area contributed by atoms with Gasteiger partial charge in [0.05, 0.1) is 5.92 Å². The van der Waals surface area contributed by atoms with E-state index < -0.39 is 0 Å². The second kappa shape index (κ2) is 8.48. The van der Waals surface area contributed by atoms with E-state index >= 15 is 0 Å². The molecule has 0 spiro atoms. The summed E-state index contributed by atoms with van der Waals surface area (Å²) in [4.78, 5) is 19.3. The summed E-state index contributed by atoms with van der Waals surface area (Å²) in [7, 11) is 0. The topological polar surface area (TPSA) is 59.2 Å². The Morgan fingerprint density at radius 2 is 1.93 bits per heavy atom. The number of hydrogen-bond donors (Lipinski definition) is 0. The fraction of sp³-hybridized carbons (Fsp3) is 0.348. The van der Waals surface area contributed by atoms with Crippen molar-refractivity contribution < 1.29 is 9.32 Å². The van der Waals surface area contributed by atoms with Crippen molar-refractivity contribution in [3.8, 4) is 11.4 Å². The third kappa shape index (κ3) is 4.37. The molecule has 1 saturated heterocycles. The zero-order chi connectivity index (χ0) is 19.3. The quantitative estimate of drug-likeness (QED) is 0.569. The third-order valence-electron chi connectivity index (χ3n) is 5.35. The van der Waals surface area contributed by atoms with Gasteiger partial charge < -0.3 is 9.42 Å². The van der Waals surface area contributed by atoms with Crippen LogP contribution in [-0.4, -0.2) is 40.5 Å². The molecule has 4 rings (SSSR count). The van der Waals surface area contributed by atoms with Gasteiger partial charge in [-0.05, 0) is 32.9 Å². The minimum Gasteiger partial charge on any atom is -0.339 e. The maximum absolute atomic E-state index is 12.3. The highest BCUT2D eigenvalue weighted by atomic mass is 16.5. The lowest BCUT2D eigenvalue weighted by Crippen LogP contribution is -2.22. The van der Waals surface area contributed by atoms with E-state index in [4.69, 9.17) is 4.52 Å². The average molecular weight is 375 g/mol. The van der Waals surface area contributed by atoms with Crippen LogP contribution in [0.2, 0.25) is 0 Å². The maximum Gasteiger partial charge on any atom is 0.231 e. The predicted octanol–water partition coefficient (Wildman–Crippen LogP) is 4.50. The molecule has 0 unspecified atom stereocenters. The first kappa shape index (κ1) is 18.6. The Morgan fingerprint density at radius 1 is 1.14 bits per heavy atom. The Bertz CT molecular complexity index is 919. The van der Waals surface area contributed by atoms with E-state index in [1.54, 1.807) is 0 Å². The molecule has 1 atom stereocenters. The third-order valence-corrected chi connectivity index (χ3v) is 5.35. The smallest absolute Gasteiger partial charge is 0.231 e. The van der Waals surface area contributed by atoms with Gasteiger partial charge in [0.15, 0.2) is 5.78 Å². The van der Waals surface area contributed by atoms with Gasteiger partial charge in [-0.1, -0.05) is 65.3 Å². The molecule has 144 valence electrons. The van der Waals surface area contributed by atoms with Gasteiger partial charge in [0.1, 0.15) is 0 Å². The van der Waals surface area contributed by atoms with Crippen molar-refractivity contribution in [2.45, 2.75) is 32.1 Å². The Kier molecular flexibility index (Phi) is 5.63. The molecule has 0 bridgehead atoms. The van der Waals surface area contributed by atoms with E-state index in [2.05, 4.69) is 15.0 Å². The Labute approximate surface area is 165 Å². The van der Waals surface area contributed by atoms with Crippen LogP contribution >= 0.6 is 0 Å². The van der Waals surface area contributed by atoms with Gasteiger partial charge in [0.25, 0.3) is 0 Å². The Morgan fingerprint density at radius 3 is 2.71 bits per heavy atom. The molecule has 1 aromatic heterocycles. The molecule has 0 aliphatic carbocycles. The molecule has 0 saturated carbocycles. The Hall–Kier alpha value is -2.79. The van der Waals surface area contributed by atoms with Crippen LogP contribution in [0.5, 0.6) is 0 Å². The molecule has 0 N–H and O–H groups in total. The molecule has 1 aliphatic heterocycles. The van der Waals surface area contributed by atoms with E-state index in [9.17, 15) is 4.79 Å². The zero-order valence-corrected chi connectivity index (χ0v) is 16.2. The van der Waals surface area contributed by atoms with Crippen molar-refractivity contribution in [1.82, 2.24) is 15.0 Å². The summed E-state index contributed by atoms with van der Waals surface area (Å²) in [5, 5.41) is 4.13. The standard InChI is InChI=1S/C23H25N3O2/c1-17-9-11-18(12-10-17)21(27)8-5-14-26-15-13-20(16-26)23-24-22(25-28-23)19-6-3-2-4-7-19/h2-4,6-7,9-12,20H,5,8,13-16H2,1H3/t20-/m1/s1. The number of nitrogens with zero attached hydrogens (tertiary/aromatic N) is 3. The number of benzene rings is 2. The summed E-state index contributed by atoms with van der Waals surface area (Å²) in [5.74, 6) is 1.87. The zero-order valence-electron chi connectivity index (χ0n) is 16.2. The molecule has 2 heterocycles. The molecule has 3 aromatic rings. The molecular weight excluding hydrogens is 350 g/mol. The van der Waals surface area contributed by atoms with Crippen molar-refractivity contribution in [2.24, 2.45) is 0 Å². The number of hydrogen-bond acceptors (Lipinski definition) is 5. The van der Waals surface area contributed by atoms with Gasteiger partial charge in [0.2, 0.25) is 11.7 Å². The summed E-state index contributed by atoms with van der Waals surface area (Å²) >= 11 is 0. The van der Waals surface area contributed by atoms with Gasteiger partial charge in [0, 0.05) is 24.1 Å². The largest absolute Gasteiger partial charge is 0.339 e. The monoisotopic (exact) mass is 375 g/mol. The van der Waals surface area contributed by atoms with Crippen LogP contribution in [0.25, 0.3) is 11.4 Å². The number of rotatable bonds is 7. The summed E-state index contributed by atoms with van der Waals surface area (Å²) in [6.45, 7) is 4.87. The summed E-state index contributed by atoms with van der Waals surface area (Å²) < 4.78 is 5.52. The van der Waals surface area contributed by atoms with Crippen LogP contribution in [-0.2, 0) is 0 Å². The lowest BCUT2D eigenvalue weighted by atomic mass is 10.1. The Balaban J connectivity index is 1.26. The van der Waals surface area contributed by atoms with Crippen molar-refractivity contribution in [3.63, 3.8) is 0 Å². The van der Waals surface area contributed by atoms with E-state index in [-0.39, 0.29) is 11.7 Å². The van der Waals surface area contributed by atoms with E-state index in [1.807, 2.05) is 61.5 Å². The van der Waals surface area contributed by atoms with Gasteiger partial charge in [-0.25, -0.2) is 0 Å². The van der Waals surface area contributed by atoms with Crippen LogP contribution in [0.4, 0.5) is 0 Å².